The highest BCUT2D eigenvalue weighted by Crippen LogP contribution is 2.47. The van der Waals surface area contributed by atoms with Crippen LogP contribution in [0.5, 0.6) is 0 Å². The summed E-state index contributed by atoms with van der Waals surface area (Å²) in [5, 5.41) is 15.4. The van der Waals surface area contributed by atoms with E-state index in [2.05, 4.69) is 117 Å². The van der Waals surface area contributed by atoms with E-state index in [4.69, 9.17) is 11.6 Å². The van der Waals surface area contributed by atoms with Gasteiger partial charge in [0.25, 0.3) is 0 Å². The molecule has 0 fully saturated rings. The standard InChI is InChI=1S/C49H29N5/c1-51-49-45(32-17-6-2-7-18-32)40(31-50)48(52-47(49)33-19-8-3-9-20-33)37-26-16-28-42-46(37)39-29-38-36-25-14-15-27-41(36)53(34-21-10-4-11-22-34)43(38)30-44(39)54(42)35-23-12-5-13-24-35/h2-30H. The van der Waals surface area contributed by atoms with E-state index in [1.807, 2.05) is 78.9 Å². The highest BCUT2D eigenvalue weighted by atomic mass is 15.0. The van der Waals surface area contributed by atoms with Gasteiger partial charge in [0.15, 0.2) is 0 Å². The summed E-state index contributed by atoms with van der Waals surface area (Å²) < 4.78 is 4.66. The van der Waals surface area contributed by atoms with Crippen LogP contribution in [0.3, 0.4) is 0 Å². The average Bonchev–Trinajstić information content (AvgIpc) is 3.75. The van der Waals surface area contributed by atoms with E-state index in [9.17, 15) is 5.26 Å². The van der Waals surface area contributed by atoms with Gasteiger partial charge < -0.3 is 9.13 Å². The summed E-state index contributed by atoms with van der Waals surface area (Å²) in [4.78, 5) is 9.33. The smallest absolute Gasteiger partial charge is 0.221 e. The first-order valence-corrected chi connectivity index (χ1v) is 17.8. The molecule has 0 aliphatic rings. The molecule has 10 aromatic rings. The molecule has 3 aromatic heterocycles. The van der Waals surface area contributed by atoms with Crippen LogP contribution >= 0.6 is 0 Å². The normalized spacial score (nSPS) is 11.3. The van der Waals surface area contributed by atoms with Crippen molar-refractivity contribution in [2.24, 2.45) is 0 Å². The zero-order chi connectivity index (χ0) is 36.2. The van der Waals surface area contributed by atoms with Crippen molar-refractivity contribution >= 4 is 49.3 Å². The summed E-state index contributed by atoms with van der Waals surface area (Å²) >= 11 is 0. The second-order valence-electron chi connectivity index (χ2n) is 13.3. The Morgan fingerprint density at radius 3 is 1.70 bits per heavy atom. The fourth-order valence-corrected chi connectivity index (χ4v) is 8.11. The Morgan fingerprint density at radius 2 is 1.06 bits per heavy atom. The summed E-state index contributed by atoms with van der Waals surface area (Å²) in [6.07, 6.45) is 0. The molecule has 0 atom stereocenters. The van der Waals surface area contributed by atoms with Gasteiger partial charge in [0.05, 0.1) is 45.6 Å². The number of hydrogen-bond acceptors (Lipinski definition) is 2. The molecule has 0 radical (unpaired) electrons. The molecule has 0 N–H and O–H groups in total. The van der Waals surface area contributed by atoms with Crippen LogP contribution in [0.1, 0.15) is 5.56 Å². The Balaban J connectivity index is 1.39. The summed E-state index contributed by atoms with van der Waals surface area (Å²) in [6.45, 7) is 8.39. The number of rotatable bonds is 5. The molecule has 0 saturated carbocycles. The molecule has 0 aliphatic carbocycles. The maximum atomic E-state index is 11.0. The molecule has 10 rings (SSSR count). The van der Waals surface area contributed by atoms with Crippen LogP contribution in [0.4, 0.5) is 5.69 Å². The van der Waals surface area contributed by atoms with Crippen molar-refractivity contribution in [3.05, 3.63) is 193 Å². The minimum absolute atomic E-state index is 0.363. The third kappa shape index (κ3) is 4.67. The number of hydrogen-bond donors (Lipinski definition) is 0. The van der Waals surface area contributed by atoms with Crippen molar-refractivity contribution in [1.29, 1.82) is 5.26 Å². The lowest BCUT2D eigenvalue weighted by Crippen LogP contribution is -1.99. The molecule has 5 heteroatoms. The summed E-state index contributed by atoms with van der Waals surface area (Å²) in [5.41, 5.74) is 11.3. The van der Waals surface area contributed by atoms with Crippen molar-refractivity contribution in [2.75, 3.05) is 0 Å². The molecule has 250 valence electrons. The van der Waals surface area contributed by atoms with Gasteiger partial charge in [0.2, 0.25) is 5.69 Å². The van der Waals surface area contributed by atoms with Gasteiger partial charge >= 0.3 is 0 Å². The van der Waals surface area contributed by atoms with Gasteiger partial charge in [-0.2, -0.15) is 5.26 Å². The van der Waals surface area contributed by atoms with Crippen LogP contribution in [0, 0.1) is 17.9 Å². The minimum Gasteiger partial charge on any atom is -0.309 e. The minimum atomic E-state index is 0.363. The fraction of sp³-hybridized carbons (Fsp3) is 0. The monoisotopic (exact) mass is 687 g/mol. The van der Waals surface area contributed by atoms with Crippen LogP contribution in [-0.2, 0) is 0 Å². The highest BCUT2D eigenvalue weighted by molar-refractivity contribution is 6.22. The number of benzene rings is 7. The second kappa shape index (κ2) is 12.5. The summed E-state index contributed by atoms with van der Waals surface area (Å²) in [7, 11) is 0. The molecule has 3 heterocycles. The Morgan fingerprint density at radius 1 is 0.500 bits per heavy atom. The van der Waals surface area contributed by atoms with Crippen LogP contribution in [0.15, 0.2) is 176 Å². The van der Waals surface area contributed by atoms with Gasteiger partial charge in [-0.25, -0.2) is 4.85 Å². The summed E-state index contributed by atoms with van der Waals surface area (Å²) in [5.74, 6) is 0. The zero-order valence-electron chi connectivity index (χ0n) is 29.0. The lowest BCUT2D eigenvalue weighted by molar-refractivity contribution is 1.16. The van der Waals surface area contributed by atoms with Crippen molar-refractivity contribution in [2.45, 2.75) is 0 Å². The first kappa shape index (κ1) is 31.0. The lowest BCUT2D eigenvalue weighted by atomic mass is 9.91. The number of nitriles is 1. The number of aromatic nitrogens is 3. The van der Waals surface area contributed by atoms with Crippen molar-refractivity contribution < 1.29 is 0 Å². The Labute approximate surface area is 311 Å². The van der Waals surface area contributed by atoms with Gasteiger partial charge in [-0.05, 0) is 59.7 Å². The maximum Gasteiger partial charge on any atom is 0.221 e. The number of fused-ring (bicyclic) bond motifs is 6. The van der Waals surface area contributed by atoms with E-state index in [1.54, 1.807) is 0 Å². The molecule has 0 amide bonds. The van der Waals surface area contributed by atoms with Gasteiger partial charge in [-0.3, -0.25) is 4.98 Å². The molecule has 0 aliphatic heterocycles. The Kier molecular flexibility index (Phi) is 7.18. The van der Waals surface area contributed by atoms with Crippen LogP contribution < -0.4 is 0 Å². The van der Waals surface area contributed by atoms with Crippen LogP contribution in [0.2, 0.25) is 0 Å². The van der Waals surface area contributed by atoms with E-state index in [-0.39, 0.29) is 0 Å². The van der Waals surface area contributed by atoms with Crippen molar-refractivity contribution in [3.8, 4) is 51.1 Å². The molecule has 5 nitrogen and oxygen atoms in total. The number of pyridine rings is 1. The van der Waals surface area contributed by atoms with E-state index in [1.165, 1.54) is 0 Å². The Bertz CT molecular complexity index is 3150. The maximum absolute atomic E-state index is 11.0. The van der Waals surface area contributed by atoms with Crippen molar-refractivity contribution in [1.82, 2.24) is 14.1 Å². The third-order valence-corrected chi connectivity index (χ3v) is 10.4. The fourth-order valence-electron chi connectivity index (χ4n) is 8.11. The Hall–Kier alpha value is -7.73. The summed E-state index contributed by atoms with van der Waals surface area (Å²) in [6, 6.07) is 62.5. The van der Waals surface area contributed by atoms with Gasteiger partial charge in [-0.1, -0.05) is 127 Å². The average molecular weight is 688 g/mol. The molecular formula is C49H29N5. The van der Waals surface area contributed by atoms with E-state index in [0.717, 1.165) is 71.7 Å². The van der Waals surface area contributed by atoms with Gasteiger partial charge in [0.1, 0.15) is 6.07 Å². The topological polar surface area (TPSA) is 50.9 Å². The van der Waals surface area contributed by atoms with Crippen LogP contribution in [-0.4, -0.2) is 14.1 Å². The van der Waals surface area contributed by atoms with E-state index in [0.29, 0.717) is 28.2 Å². The van der Waals surface area contributed by atoms with Gasteiger partial charge in [0, 0.05) is 44.0 Å². The van der Waals surface area contributed by atoms with E-state index >= 15 is 0 Å². The second-order valence-corrected chi connectivity index (χ2v) is 13.3. The molecule has 7 aromatic carbocycles. The third-order valence-electron chi connectivity index (χ3n) is 10.4. The largest absolute Gasteiger partial charge is 0.309 e. The van der Waals surface area contributed by atoms with E-state index < -0.39 is 0 Å². The zero-order valence-corrected chi connectivity index (χ0v) is 29.0. The molecule has 0 spiro atoms. The first-order valence-electron chi connectivity index (χ1n) is 17.8. The van der Waals surface area contributed by atoms with Crippen molar-refractivity contribution in [3.63, 3.8) is 0 Å². The molecule has 54 heavy (non-hydrogen) atoms. The lowest BCUT2D eigenvalue weighted by Gasteiger charge is -2.17. The van der Waals surface area contributed by atoms with Gasteiger partial charge in [-0.15, -0.1) is 0 Å². The molecular weight excluding hydrogens is 659 g/mol. The predicted molar refractivity (Wildman–Crippen MR) is 220 cm³/mol. The predicted octanol–water partition coefficient (Wildman–Crippen LogP) is 12.7. The first-order chi connectivity index (χ1) is 26.7. The SMILES string of the molecule is [C-]#[N+]c1c(-c2ccccc2)nc(-c2cccc3c2c2cc4c5ccccc5n(-c5ccccc5)c4cc2n3-c2ccccc2)c(C#N)c1-c1ccccc1. The number of para-hydroxylation sites is 3. The molecule has 0 bridgehead atoms. The highest BCUT2D eigenvalue weighted by Gasteiger charge is 2.26. The number of nitrogens with zero attached hydrogens (tertiary/aromatic N) is 5. The van der Waals surface area contributed by atoms with Crippen LogP contribution in [0.25, 0.3) is 93.5 Å². The molecule has 0 saturated heterocycles. The quantitative estimate of drug-likeness (QED) is 0.169. The molecule has 0 unspecified atom stereocenters.